The van der Waals surface area contributed by atoms with E-state index in [-0.39, 0.29) is 0 Å². The van der Waals surface area contributed by atoms with Crippen LogP contribution in [0.1, 0.15) is 6.42 Å². The standard InChI is InChI=1S/C5H10FNO/c6-4-3-7-2-1-5(4)8/h4-5,7-8H,1-3H2. The van der Waals surface area contributed by atoms with E-state index in [9.17, 15) is 4.39 Å². The molecule has 0 amide bonds. The number of nitrogens with one attached hydrogen (secondary N) is 1. The maximum atomic E-state index is 12.3. The fraction of sp³-hybridized carbons (Fsp3) is 1.00. The molecule has 1 rings (SSSR count). The third-order valence-corrected chi connectivity index (χ3v) is 1.37. The van der Waals surface area contributed by atoms with Gasteiger partial charge in [-0.25, -0.2) is 4.39 Å². The van der Waals surface area contributed by atoms with Crippen LogP contribution in [0, 0.1) is 0 Å². The van der Waals surface area contributed by atoms with E-state index in [0.717, 1.165) is 6.54 Å². The van der Waals surface area contributed by atoms with Gasteiger partial charge in [0.25, 0.3) is 0 Å². The summed E-state index contributed by atoms with van der Waals surface area (Å²) < 4.78 is 12.3. The van der Waals surface area contributed by atoms with Crippen LogP contribution in [0.25, 0.3) is 0 Å². The van der Waals surface area contributed by atoms with Gasteiger partial charge in [0, 0.05) is 6.54 Å². The zero-order valence-electron chi connectivity index (χ0n) is 4.60. The second kappa shape index (κ2) is 2.42. The Balaban J connectivity index is 2.28. The average molecular weight is 119 g/mol. The molecule has 2 unspecified atom stereocenters. The Morgan fingerprint density at radius 2 is 2.38 bits per heavy atom. The SMILES string of the molecule is OC1CCNCC1F. The number of piperidine rings is 1. The summed E-state index contributed by atoms with van der Waals surface area (Å²) in [4.78, 5) is 0. The van der Waals surface area contributed by atoms with Crippen LogP contribution >= 0.6 is 0 Å². The molecule has 1 heterocycles. The summed E-state index contributed by atoms with van der Waals surface area (Å²) in [6.07, 6.45) is -1.23. The zero-order valence-corrected chi connectivity index (χ0v) is 4.60. The van der Waals surface area contributed by atoms with Gasteiger partial charge in [-0.05, 0) is 13.0 Å². The molecule has 0 saturated carbocycles. The summed E-state index contributed by atoms with van der Waals surface area (Å²) in [5.41, 5.74) is 0. The molecule has 2 atom stereocenters. The van der Waals surface area contributed by atoms with Crippen LogP contribution in [-0.4, -0.2) is 30.5 Å². The van der Waals surface area contributed by atoms with Crippen LogP contribution in [0.3, 0.4) is 0 Å². The van der Waals surface area contributed by atoms with Gasteiger partial charge in [0.15, 0.2) is 0 Å². The van der Waals surface area contributed by atoms with Crippen molar-refractivity contribution < 1.29 is 9.50 Å². The molecule has 2 N–H and O–H groups in total. The van der Waals surface area contributed by atoms with Crippen molar-refractivity contribution in [2.45, 2.75) is 18.7 Å². The van der Waals surface area contributed by atoms with Gasteiger partial charge in [-0.2, -0.15) is 0 Å². The Kier molecular flexibility index (Phi) is 1.81. The van der Waals surface area contributed by atoms with Crippen molar-refractivity contribution in [3.63, 3.8) is 0 Å². The molecule has 1 fully saturated rings. The van der Waals surface area contributed by atoms with E-state index in [2.05, 4.69) is 5.32 Å². The molecule has 8 heavy (non-hydrogen) atoms. The molecule has 0 aromatic heterocycles. The lowest BCUT2D eigenvalue weighted by Crippen LogP contribution is -2.41. The van der Waals surface area contributed by atoms with Crippen LogP contribution in [0.5, 0.6) is 0 Å². The van der Waals surface area contributed by atoms with E-state index in [4.69, 9.17) is 5.11 Å². The first-order valence-electron chi connectivity index (χ1n) is 2.83. The molecule has 1 saturated heterocycles. The Hall–Kier alpha value is -0.150. The first-order chi connectivity index (χ1) is 3.80. The third kappa shape index (κ3) is 1.17. The van der Waals surface area contributed by atoms with Crippen LogP contribution in [-0.2, 0) is 0 Å². The van der Waals surface area contributed by atoms with Crippen LogP contribution in [0.15, 0.2) is 0 Å². The van der Waals surface area contributed by atoms with Crippen molar-refractivity contribution in [3.05, 3.63) is 0 Å². The van der Waals surface area contributed by atoms with Crippen molar-refractivity contribution in [2.24, 2.45) is 0 Å². The monoisotopic (exact) mass is 119 g/mol. The van der Waals surface area contributed by atoms with Gasteiger partial charge in [0.1, 0.15) is 6.17 Å². The minimum absolute atomic E-state index is 0.307. The number of aliphatic hydroxyl groups excluding tert-OH is 1. The second-order valence-electron chi connectivity index (χ2n) is 2.08. The highest BCUT2D eigenvalue weighted by Gasteiger charge is 2.20. The number of aliphatic hydroxyl groups is 1. The lowest BCUT2D eigenvalue weighted by atomic mass is 10.1. The normalized spacial score (nSPS) is 39.8. The number of alkyl halides is 1. The number of hydrogen-bond acceptors (Lipinski definition) is 2. The molecule has 1 aliphatic rings. The van der Waals surface area contributed by atoms with E-state index in [0.29, 0.717) is 13.0 Å². The zero-order chi connectivity index (χ0) is 5.98. The summed E-state index contributed by atoms with van der Waals surface area (Å²) in [7, 11) is 0. The van der Waals surface area contributed by atoms with E-state index < -0.39 is 12.3 Å². The molecule has 3 heteroatoms. The highest BCUT2D eigenvalue weighted by molar-refractivity contribution is 4.75. The van der Waals surface area contributed by atoms with E-state index >= 15 is 0 Å². The molecular formula is C5H10FNO. The second-order valence-corrected chi connectivity index (χ2v) is 2.08. The lowest BCUT2D eigenvalue weighted by molar-refractivity contribution is 0.0532. The summed E-state index contributed by atoms with van der Waals surface area (Å²) in [6.45, 7) is 1.04. The average Bonchev–Trinajstić information content (AvgIpc) is 1.77. The molecule has 1 aliphatic heterocycles. The minimum atomic E-state index is -1.05. The lowest BCUT2D eigenvalue weighted by Gasteiger charge is -2.21. The predicted molar refractivity (Wildman–Crippen MR) is 28.4 cm³/mol. The Morgan fingerprint density at radius 3 is 2.75 bits per heavy atom. The third-order valence-electron chi connectivity index (χ3n) is 1.37. The summed E-state index contributed by atoms with van der Waals surface area (Å²) in [6, 6.07) is 0. The van der Waals surface area contributed by atoms with Crippen molar-refractivity contribution >= 4 is 0 Å². The fourth-order valence-electron chi connectivity index (χ4n) is 0.807. The molecule has 0 aliphatic carbocycles. The van der Waals surface area contributed by atoms with E-state index in [1.807, 2.05) is 0 Å². The maximum absolute atomic E-state index is 12.3. The van der Waals surface area contributed by atoms with Crippen LogP contribution in [0.4, 0.5) is 4.39 Å². The minimum Gasteiger partial charge on any atom is -0.390 e. The molecule has 0 radical (unpaired) electrons. The summed E-state index contributed by atoms with van der Waals surface area (Å²) in [5.74, 6) is 0. The fourth-order valence-corrected chi connectivity index (χ4v) is 0.807. The Labute approximate surface area is 47.7 Å². The van der Waals surface area contributed by atoms with E-state index in [1.54, 1.807) is 0 Å². The van der Waals surface area contributed by atoms with Gasteiger partial charge in [0.2, 0.25) is 0 Å². The van der Waals surface area contributed by atoms with Gasteiger partial charge in [-0.1, -0.05) is 0 Å². The molecule has 0 aromatic carbocycles. The highest BCUT2D eigenvalue weighted by atomic mass is 19.1. The maximum Gasteiger partial charge on any atom is 0.138 e. The van der Waals surface area contributed by atoms with Gasteiger partial charge in [-0.3, -0.25) is 0 Å². The molecule has 0 aromatic rings. The van der Waals surface area contributed by atoms with E-state index in [1.165, 1.54) is 0 Å². The predicted octanol–water partition coefficient (Wildman–Crippen LogP) is -0.321. The first-order valence-corrected chi connectivity index (χ1v) is 2.83. The largest absolute Gasteiger partial charge is 0.390 e. The topological polar surface area (TPSA) is 32.3 Å². The van der Waals surface area contributed by atoms with Crippen molar-refractivity contribution in [2.75, 3.05) is 13.1 Å². The Morgan fingerprint density at radius 1 is 1.62 bits per heavy atom. The molecule has 2 nitrogen and oxygen atoms in total. The quantitative estimate of drug-likeness (QED) is 0.458. The smallest absolute Gasteiger partial charge is 0.138 e. The molecule has 0 spiro atoms. The van der Waals surface area contributed by atoms with Gasteiger partial charge < -0.3 is 10.4 Å². The highest BCUT2D eigenvalue weighted by Crippen LogP contribution is 2.05. The van der Waals surface area contributed by atoms with Crippen molar-refractivity contribution in [1.82, 2.24) is 5.32 Å². The van der Waals surface area contributed by atoms with Crippen LogP contribution in [0.2, 0.25) is 0 Å². The number of hydrogen-bond donors (Lipinski definition) is 2. The van der Waals surface area contributed by atoms with Crippen molar-refractivity contribution in [1.29, 1.82) is 0 Å². The molecular weight excluding hydrogens is 109 g/mol. The Bertz CT molecular complexity index is 68.8. The van der Waals surface area contributed by atoms with Crippen molar-refractivity contribution in [3.8, 4) is 0 Å². The number of halogens is 1. The summed E-state index contributed by atoms with van der Waals surface area (Å²) >= 11 is 0. The van der Waals surface area contributed by atoms with Gasteiger partial charge in [0.05, 0.1) is 6.10 Å². The molecule has 0 bridgehead atoms. The molecule has 48 valence electrons. The first kappa shape index (κ1) is 5.98. The van der Waals surface area contributed by atoms with Gasteiger partial charge in [-0.15, -0.1) is 0 Å². The van der Waals surface area contributed by atoms with Gasteiger partial charge >= 0.3 is 0 Å². The number of rotatable bonds is 0. The van der Waals surface area contributed by atoms with Crippen LogP contribution < -0.4 is 5.32 Å². The summed E-state index contributed by atoms with van der Waals surface area (Å²) in [5, 5.41) is 11.6.